The van der Waals surface area contributed by atoms with Crippen LogP contribution >= 0.6 is 12.2 Å². The van der Waals surface area contributed by atoms with Crippen molar-refractivity contribution in [1.29, 1.82) is 0 Å². The maximum Gasteiger partial charge on any atom is 0.146 e. The van der Waals surface area contributed by atoms with Gasteiger partial charge in [0, 0.05) is 31.7 Å². The lowest BCUT2D eigenvalue weighted by Crippen LogP contribution is -2.48. The van der Waals surface area contributed by atoms with E-state index >= 15 is 0 Å². The fourth-order valence-corrected chi connectivity index (χ4v) is 3.22. The second-order valence-corrected chi connectivity index (χ2v) is 6.07. The summed E-state index contributed by atoms with van der Waals surface area (Å²) in [5, 5.41) is 0. The molecule has 1 aliphatic heterocycles. The minimum absolute atomic E-state index is 0.167. The number of halogens is 1. The Morgan fingerprint density at radius 3 is 2.33 bits per heavy atom. The van der Waals surface area contributed by atoms with Gasteiger partial charge in [0.1, 0.15) is 16.6 Å². The zero-order chi connectivity index (χ0) is 16.9. The fraction of sp³-hybridized carbons (Fsp3) is 0.316. The molecule has 0 unspecified atom stereocenters. The molecule has 3 nitrogen and oxygen atoms in total. The predicted octanol–water partition coefficient (Wildman–Crippen LogP) is 3.72. The van der Waals surface area contributed by atoms with Crippen molar-refractivity contribution in [1.82, 2.24) is 4.90 Å². The average molecular weight is 344 g/mol. The molecule has 0 N–H and O–H groups in total. The minimum Gasteiger partial charge on any atom is -0.494 e. The molecule has 0 atom stereocenters. The van der Waals surface area contributed by atoms with Crippen LogP contribution in [0.15, 0.2) is 48.5 Å². The highest BCUT2D eigenvalue weighted by Crippen LogP contribution is 2.21. The first kappa shape index (κ1) is 16.7. The van der Waals surface area contributed by atoms with Crippen LogP contribution in [0.4, 0.5) is 10.1 Å². The maximum atomic E-state index is 13.9. The molecule has 1 saturated heterocycles. The third-order valence-electron chi connectivity index (χ3n) is 4.17. The van der Waals surface area contributed by atoms with Crippen molar-refractivity contribution in [3.8, 4) is 5.75 Å². The summed E-state index contributed by atoms with van der Waals surface area (Å²) in [5.41, 5.74) is 1.69. The van der Waals surface area contributed by atoms with E-state index in [2.05, 4.69) is 9.80 Å². The highest BCUT2D eigenvalue weighted by Gasteiger charge is 2.21. The first-order valence-electron chi connectivity index (χ1n) is 8.20. The summed E-state index contributed by atoms with van der Waals surface area (Å²) in [6.45, 7) is 5.73. The van der Waals surface area contributed by atoms with E-state index in [0.29, 0.717) is 12.3 Å². The molecule has 2 aromatic carbocycles. The van der Waals surface area contributed by atoms with Gasteiger partial charge in [-0.15, -0.1) is 0 Å². The Bertz CT molecular complexity index is 697. The van der Waals surface area contributed by atoms with Crippen LogP contribution in [-0.2, 0) is 0 Å². The molecule has 1 aliphatic rings. The van der Waals surface area contributed by atoms with Crippen molar-refractivity contribution < 1.29 is 9.13 Å². The van der Waals surface area contributed by atoms with Gasteiger partial charge in [0.25, 0.3) is 0 Å². The van der Waals surface area contributed by atoms with E-state index in [1.165, 1.54) is 6.07 Å². The van der Waals surface area contributed by atoms with Crippen molar-refractivity contribution in [2.24, 2.45) is 0 Å². The Labute approximate surface area is 147 Å². The topological polar surface area (TPSA) is 15.7 Å². The number of rotatable bonds is 4. The predicted molar refractivity (Wildman–Crippen MR) is 99.5 cm³/mol. The van der Waals surface area contributed by atoms with Gasteiger partial charge in [-0.1, -0.05) is 24.4 Å². The number of piperazine rings is 1. The van der Waals surface area contributed by atoms with Crippen LogP contribution in [-0.4, -0.2) is 42.7 Å². The van der Waals surface area contributed by atoms with E-state index in [0.717, 1.165) is 42.5 Å². The van der Waals surface area contributed by atoms with Crippen LogP contribution in [0.1, 0.15) is 12.5 Å². The van der Waals surface area contributed by atoms with E-state index in [1.54, 1.807) is 6.07 Å². The third kappa shape index (κ3) is 3.67. The summed E-state index contributed by atoms with van der Waals surface area (Å²) in [7, 11) is 0. The van der Waals surface area contributed by atoms with Crippen LogP contribution in [0.25, 0.3) is 0 Å². The van der Waals surface area contributed by atoms with Gasteiger partial charge >= 0.3 is 0 Å². The lowest BCUT2D eigenvalue weighted by atomic mass is 10.1. The highest BCUT2D eigenvalue weighted by molar-refractivity contribution is 7.80. The van der Waals surface area contributed by atoms with Crippen LogP contribution in [0.2, 0.25) is 0 Å². The Balaban J connectivity index is 1.62. The van der Waals surface area contributed by atoms with Gasteiger partial charge in [-0.25, -0.2) is 4.39 Å². The average Bonchev–Trinajstić information content (AvgIpc) is 2.63. The maximum absolute atomic E-state index is 13.9. The SMILES string of the molecule is CCOc1ccc(C(=S)N2CCN(c3ccccc3F)CC2)cc1. The van der Waals surface area contributed by atoms with E-state index in [1.807, 2.05) is 43.3 Å². The second-order valence-electron chi connectivity index (χ2n) is 5.69. The molecule has 2 aromatic rings. The van der Waals surface area contributed by atoms with Gasteiger partial charge < -0.3 is 14.5 Å². The number of hydrogen-bond donors (Lipinski definition) is 0. The van der Waals surface area contributed by atoms with E-state index in [4.69, 9.17) is 17.0 Å². The largest absolute Gasteiger partial charge is 0.494 e. The van der Waals surface area contributed by atoms with Crippen LogP contribution in [0, 0.1) is 5.82 Å². The molecule has 126 valence electrons. The smallest absolute Gasteiger partial charge is 0.146 e. The number of nitrogens with zero attached hydrogens (tertiary/aromatic N) is 2. The van der Waals surface area contributed by atoms with Crippen LogP contribution in [0.5, 0.6) is 5.75 Å². The third-order valence-corrected chi connectivity index (χ3v) is 4.67. The molecule has 1 heterocycles. The first-order valence-corrected chi connectivity index (χ1v) is 8.61. The summed E-state index contributed by atoms with van der Waals surface area (Å²) >= 11 is 5.62. The standard InChI is InChI=1S/C19H21FN2OS/c1-2-23-16-9-7-15(8-10-16)19(24)22-13-11-21(12-14-22)18-6-4-3-5-17(18)20/h3-10H,2,11-14H2,1H3. The molecule has 3 rings (SSSR count). The van der Waals surface area contributed by atoms with Crippen LogP contribution in [0.3, 0.4) is 0 Å². The second kappa shape index (κ2) is 7.62. The van der Waals surface area contributed by atoms with Gasteiger partial charge in [0.2, 0.25) is 0 Å². The number of para-hydroxylation sites is 1. The Morgan fingerprint density at radius 1 is 1.04 bits per heavy atom. The normalized spacial score (nSPS) is 14.6. The van der Waals surface area contributed by atoms with Crippen molar-refractivity contribution in [3.63, 3.8) is 0 Å². The van der Waals surface area contributed by atoms with Gasteiger partial charge in [-0.05, 0) is 43.3 Å². The Morgan fingerprint density at radius 2 is 1.71 bits per heavy atom. The van der Waals surface area contributed by atoms with Gasteiger partial charge in [-0.2, -0.15) is 0 Å². The summed E-state index contributed by atoms with van der Waals surface area (Å²) < 4.78 is 19.4. The molecule has 1 fully saturated rings. The Hall–Kier alpha value is -2.14. The summed E-state index contributed by atoms with van der Waals surface area (Å²) in [6, 6.07) is 14.8. The molecular formula is C19H21FN2OS. The molecular weight excluding hydrogens is 323 g/mol. The monoisotopic (exact) mass is 344 g/mol. The zero-order valence-corrected chi connectivity index (χ0v) is 14.6. The number of anilines is 1. The molecule has 0 aliphatic carbocycles. The van der Waals surface area contributed by atoms with Gasteiger partial charge in [0.05, 0.1) is 12.3 Å². The lowest BCUT2D eigenvalue weighted by Gasteiger charge is -2.37. The van der Waals surface area contributed by atoms with E-state index < -0.39 is 0 Å². The summed E-state index contributed by atoms with van der Waals surface area (Å²) in [5.74, 6) is 0.688. The van der Waals surface area contributed by atoms with Crippen molar-refractivity contribution >= 4 is 22.9 Å². The molecule has 0 aromatic heterocycles. The number of ether oxygens (including phenoxy) is 1. The highest BCUT2D eigenvalue weighted by atomic mass is 32.1. The molecule has 5 heteroatoms. The number of hydrogen-bond acceptors (Lipinski definition) is 3. The number of benzene rings is 2. The zero-order valence-electron chi connectivity index (χ0n) is 13.7. The fourth-order valence-electron chi connectivity index (χ4n) is 2.90. The summed E-state index contributed by atoms with van der Waals surface area (Å²) in [4.78, 5) is 5.10. The molecule has 0 amide bonds. The molecule has 0 spiro atoms. The Kier molecular flexibility index (Phi) is 5.30. The van der Waals surface area contributed by atoms with Crippen LogP contribution < -0.4 is 9.64 Å². The molecule has 0 bridgehead atoms. The van der Waals surface area contributed by atoms with E-state index in [9.17, 15) is 4.39 Å². The first-order chi connectivity index (χ1) is 11.7. The van der Waals surface area contributed by atoms with Gasteiger partial charge in [-0.3, -0.25) is 0 Å². The molecule has 24 heavy (non-hydrogen) atoms. The van der Waals surface area contributed by atoms with Gasteiger partial charge in [0.15, 0.2) is 0 Å². The van der Waals surface area contributed by atoms with Crippen molar-refractivity contribution in [3.05, 3.63) is 59.9 Å². The molecule has 0 radical (unpaired) electrons. The minimum atomic E-state index is -0.167. The summed E-state index contributed by atoms with van der Waals surface area (Å²) in [6.07, 6.45) is 0. The molecule has 0 saturated carbocycles. The van der Waals surface area contributed by atoms with Crippen molar-refractivity contribution in [2.45, 2.75) is 6.92 Å². The number of thiocarbonyl (C=S) groups is 1. The van der Waals surface area contributed by atoms with E-state index in [-0.39, 0.29) is 5.82 Å². The lowest BCUT2D eigenvalue weighted by molar-refractivity contribution is 0.340. The van der Waals surface area contributed by atoms with Crippen molar-refractivity contribution in [2.75, 3.05) is 37.7 Å². The quantitative estimate of drug-likeness (QED) is 0.785.